The normalized spacial score (nSPS) is 10.0. The molecule has 0 spiro atoms. The lowest BCUT2D eigenvalue weighted by Gasteiger charge is -2.23. The molecule has 0 unspecified atom stereocenters. The predicted molar refractivity (Wildman–Crippen MR) is 73.5 cm³/mol. The number of carbonyl (C=O) groups is 1. The molecule has 4 heteroatoms. The highest BCUT2D eigenvalue weighted by molar-refractivity contribution is 9.10. The van der Waals surface area contributed by atoms with Crippen molar-refractivity contribution in [3.05, 3.63) is 40.9 Å². The molecular formula is C13H16BrNO2. The molecule has 1 aromatic carbocycles. The standard InChI is InChI=1S/C13H16BrNO2/c1-3-7-15(8-6-13(16)17)11-5-4-10(2)12(14)9-11/h3-5,9H,1,6-8H2,2H3,(H,16,17). The topological polar surface area (TPSA) is 40.5 Å². The molecule has 0 aliphatic carbocycles. The van der Waals surface area contributed by atoms with Crippen LogP contribution in [-0.4, -0.2) is 24.2 Å². The van der Waals surface area contributed by atoms with Crippen LogP contribution in [0.1, 0.15) is 12.0 Å². The third-order valence-corrected chi connectivity index (χ3v) is 3.32. The number of carboxylic acid groups (broad SMARTS) is 1. The molecule has 0 bridgehead atoms. The summed E-state index contributed by atoms with van der Waals surface area (Å²) < 4.78 is 1.03. The average Bonchev–Trinajstić information content (AvgIpc) is 2.28. The van der Waals surface area contributed by atoms with Crippen molar-refractivity contribution < 1.29 is 9.90 Å². The van der Waals surface area contributed by atoms with E-state index < -0.39 is 5.97 Å². The smallest absolute Gasteiger partial charge is 0.305 e. The summed E-state index contributed by atoms with van der Waals surface area (Å²) in [6.07, 6.45) is 1.90. The van der Waals surface area contributed by atoms with E-state index in [0.717, 1.165) is 15.7 Å². The molecule has 0 fully saturated rings. The Morgan fingerprint density at radius 1 is 1.59 bits per heavy atom. The van der Waals surface area contributed by atoms with Gasteiger partial charge in [0.2, 0.25) is 0 Å². The Bertz CT molecular complexity index is 418. The molecule has 0 radical (unpaired) electrons. The molecule has 0 aliphatic heterocycles. The zero-order chi connectivity index (χ0) is 12.8. The number of halogens is 1. The summed E-state index contributed by atoms with van der Waals surface area (Å²) in [5, 5.41) is 8.71. The van der Waals surface area contributed by atoms with Crippen LogP contribution < -0.4 is 4.90 Å². The lowest BCUT2D eigenvalue weighted by Crippen LogP contribution is -2.26. The number of aliphatic carboxylic acids is 1. The number of anilines is 1. The highest BCUT2D eigenvalue weighted by Gasteiger charge is 2.08. The van der Waals surface area contributed by atoms with Crippen molar-refractivity contribution in [2.45, 2.75) is 13.3 Å². The van der Waals surface area contributed by atoms with Crippen molar-refractivity contribution in [2.24, 2.45) is 0 Å². The van der Waals surface area contributed by atoms with Crippen LogP contribution in [0.2, 0.25) is 0 Å². The molecule has 0 heterocycles. The molecule has 0 aromatic heterocycles. The van der Waals surface area contributed by atoms with Gasteiger partial charge in [-0.2, -0.15) is 0 Å². The SMILES string of the molecule is C=CCN(CCC(=O)O)c1ccc(C)c(Br)c1. The molecule has 3 nitrogen and oxygen atoms in total. The first kappa shape index (κ1) is 13.8. The van der Waals surface area contributed by atoms with Crippen molar-refractivity contribution in [1.29, 1.82) is 0 Å². The number of carboxylic acids is 1. The number of hydrogen-bond donors (Lipinski definition) is 1. The summed E-state index contributed by atoms with van der Waals surface area (Å²) in [5.41, 5.74) is 2.16. The fraction of sp³-hybridized carbons (Fsp3) is 0.308. The van der Waals surface area contributed by atoms with Gasteiger partial charge in [-0.15, -0.1) is 6.58 Å². The average molecular weight is 298 g/mol. The van der Waals surface area contributed by atoms with E-state index in [1.165, 1.54) is 0 Å². The summed E-state index contributed by atoms with van der Waals surface area (Å²) in [7, 11) is 0. The van der Waals surface area contributed by atoms with Gasteiger partial charge in [0.05, 0.1) is 6.42 Å². The number of hydrogen-bond acceptors (Lipinski definition) is 2. The fourth-order valence-electron chi connectivity index (χ4n) is 1.49. The fourth-order valence-corrected chi connectivity index (χ4v) is 1.86. The quantitative estimate of drug-likeness (QED) is 0.820. The lowest BCUT2D eigenvalue weighted by atomic mass is 10.2. The molecule has 17 heavy (non-hydrogen) atoms. The highest BCUT2D eigenvalue weighted by Crippen LogP contribution is 2.23. The second kappa shape index (κ2) is 6.45. The number of rotatable bonds is 6. The van der Waals surface area contributed by atoms with E-state index in [-0.39, 0.29) is 6.42 Å². The maximum Gasteiger partial charge on any atom is 0.305 e. The predicted octanol–water partition coefficient (Wildman–Crippen LogP) is 3.22. The Kier molecular flexibility index (Phi) is 5.22. The van der Waals surface area contributed by atoms with Gasteiger partial charge in [-0.3, -0.25) is 4.79 Å². The maximum atomic E-state index is 10.6. The highest BCUT2D eigenvalue weighted by atomic mass is 79.9. The minimum atomic E-state index is -0.787. The molecule has 1 N–H and O–H groups in total. The van der Waals surface area contributed by atoms with Crippen molar-refractivity contribution >= 4 is 27.6 Å². The molecule has 0 saturated carbocycles. The summed E-state index contributed by atoms with van der Waals surface area (Å²) in [4.78, 5) is 12.6. The Morgan fingerprint density at radius 3 is 2.82 bits per heavy atom. The lowest BCUT2D eigenvalue weighted by molar-refractivity contribution is -0.136. The third-order valence-electron chi connectivity index (χ3n) is 2.47. The Hall–Kier alpha value is -1.29. The minimum absolute atomic E-state index is 0.124. The van der Waals surface area contributed by atoms with Crippen LogP contribution in [0.3, 0.4) is 0 Å². The summed E-state index contributed by atoms with van der Waals surface area (Å²) in [6.45, 7) is 6.83. The number of aryl methyl sites for hydroxylation is 1. The van der Waals surface area contributed by atoms with E-state index in [1.807, 2.05) is 30.0 Å². The van der Waals surface area contributed by atoms with E-state index in [2.05, 4.69) is 22.5 Å². The van der Waals surface area contributed by atoms with Gasteiger partial charge in [-0.1, -0.05) is 28.1 Å². The second-order valence-corrected chi connectivity index (χ2v) is 4.67. The van der Waals surface area contributed by atoms with E-state index >= 15 is 0 Å². The summed E-state index contributed by atoms with van der Waals surface area (Å²) in [6, 6.07) is 6.00. The number of nitrogens with zero attached hydrogens (tertiary/aromatic N) is 1. The largest absolute Gasteiger partial charge is 0.481 e. The van der Waals surface area contributed by atoms with Gasteiger partial charge in [0.25, 0.3) is 0 Å². The first-order valence-corrected chi connectivity index (χ1v) is 6.17. The van der Waals surface area contributed by atoms with E-state index in [9.17, 15) is 4.79 Å². The van der Waals surface area contributed by atoms with Gasteiger partial charge in [0.1, 0.15) is 0 Å². The van der Waals surface area contributed by atoms with Gasteiger partial charge < -0.3 is 10.0 Å². The van der Waals surface area contributed by atoms with Crippen molar-refractivity contribution in [1.82, 2.24) is 0 Å². The third kappa shape index (κ3) is 4.23. The maximum absolute atomic E-state index is 10.6. The Balaban J connectivity index is 2.84. The van der Waals surface area contributed by atoms with Crippen LogP contribution in [0.25, 0.3) is 0 Å². The van der Waals surface area contributed by atoms with E-state index in [0.29, 0.717) is 13.1 Å². The van der Waals surface area contributed by atoms with Gasteiger partial charge in [0, 0.05) is 23.2 Å². The minimum Gasteiger partial charge on any atom is -0.481 e. The molecule has 0 saturated heterocycles. The van der Waals surface area contributed by atoms with Gasteiger partial charge in [-0.05, 0) is 24.6 Å². The molecule has 1 rings (SSSR count). The van der Waals surface area contributed by atoms with Gasteiger partial charge >= 0.3 is 5.97 Å². The second-order valence-electron chi connectivity index (χ2n) is 3.81. The Labute approximate surface area is 110 Å². The molecule has 92 valence electrons. The van der Waals surface area contributed by atoms with E-state index in [1.54, 1.807) is 6.08 Å². The molecular weight excluding hydrogens is 282 g/mol. The van der Waals surface area contributed by atoms with Crippen LogP contribution in [0.5, 0.6) is 0 Å². The number of benzene rings is 1. The first-order chi connectivity index (χ1) is 8.04. The van der Waals surface area contributed by atoms with Crippen LogP contribution >= 0.6 is 15.9 Å². The first-order valence-electron chi connectivity index (χ1n) is 5.38. The van der Waals surface area contributed by atoms with Crippen LogP contribution in [-0.2, 0) is 4.79 Å². The van der Waals surface area contributed by atoms with Crippen molar-refractivity contribution in [3.8, 4) is 0 Å². The van der Waals surface area contributed by atoms with Gasteiger partial charge in [-0.25, -0.2) is 0 Å². The van der Waals surface area contributed by atoms with Crippen molar-refractivity contribution in [3.63, 3.8) is 0 Å². The summed E-state index contributed by atoms with van der Waals surface area (Å²) in [5.74, 6) is -0.787. The van der Waals surface area contributed by atoms with Crippen LogP contribution in [0.15, 0.2) is 35.3 Å². The zero-order valence-electron chi connectivity index (χ0n) is 9.82. The van der Waals surface area contributed by atoms with Crippen LogP contribution in [0.4, 0.5) is 5.69 Å². The monoisotopic (exact) mass is 297 g/mol. The zero-order valence-corrected chi connectivity index (χ0v) is 11.4. The van der Waals surface area contributed by atoms with E-state index in [4.69, 9.17) is 5.11 Å². The Morgan fingerprint density at radius 2 is 2.29 bits per heavy atom. The van der Waals surface area contributed by atoms with Crippen molar-refractivity contribution in [2.75, 3.05) is 18.0 Å². The van der Waals surface area contributed by atoms with Gasteiger partial charge in [0.15, 0.2) is 0 Å². The molecule has 1 aromatic rings. The molecule has 0 aliphatic rings. The molecule has 0 atom stereocenters. The molecule has 0 amide bonds. The van der Waals surface area contributed by atoms with Crippen LogP contribution in [0, 0.1) is 6.92 Å². The summed E-state index contributed by atoms with van der Waals surface area (Å²) >= 11 is 3.48.